The average molecular weight is 246 g/mol. The predicted octanol–water partition coefficient (Wildman–Crippen LogP) is 2.84. The summed E-state index contributed by atoms with van der Waals surface area (Å²) in [7, 11) is 1.90. The number of carbonyl (C=O) groups excluding carboxylic acids is 1. The molecule has 1 amide bonds. The fourth-order valence-electron chi connectivity index (χ4n) is 1.98. The minimum absolute atomic E-state index is 0.174. The first-order valence-corrected chi connectivity index (χ1v) is 6.67. The van der Waals surface area contributed by atoms with Gasteiger partial charge in [0.05, 0.1) is 6.54 Å². The van der Waals surface area contributed by atoms with Crippen LogP contribution >= 0.6 is 0 Å². The van der Waals surface area contributed by atoms with E-state index in [1.54, 1.807) is 0 Å². The Bertz CT molecular complexity index is 424. The van der Waals surface area contributed by atoms with Gasteiger partial charge in [-0.2, -0.15) is 0 Å². The van der Waals surface area contributed by atoms with Crippen molar-refractivity contribution in [3.05, 3.63) is 29.8 Å². The van der Waals surface area contributed by atoms with E-state index >= 15 is 0 Å². The largest absolute Gasteiger partial charge is 0.376 e. The first-order valence-electron chi connectivity index (χ1n) is 6.67. The molecule has 0 aromatic heterocycles. The third kappa shape index (κ3) is 3.25. The van der Waals surface area contributed by atoms with Gasteiger partial charge in [-0.25, -0.2) is 0 Å². The van der Waals surface area contributed by atoms with Gasteiger partial charge < -0.3 is 10.2 Å². The molecule has 0 saturated heterocycles. The lowest BCUT2D eigenvalue weighted by Crippen LogP contribution is -2.33. The van der Waals surface area contributed by atoms with Gasteiger partial charge in [0, 0.05) is 18.8 Å². The Morgan fingerprint density at radius 2 is 2.17 bits per heavy atom. The zero-order valence-electron chi connectivity index (χ0n) is 11.4. The van der Waals surface area contributed by atoms with Crippen molar-refractivity contribution >= 4 is 11.6 Å². The third-order valence-electron chi connectivity index (χ3n) is 3.49. The maximum absolute atomic E-state index is 11.9. The van der Waals surface area contributed by atoms with Gasteiger partial charge >= 0.3 is 0 Å². The molecule has 18 heavy (non-hydrogen) atoms. The van der Waals surface area contributed by atoms with E-state index in [1.807, 2.05) is 24.1 Å². The second-order valence-corrected chi connectivity index (χ2v) is 5.37. The fraction of sp³-hybridized carbons (Fsp3) is 0.533. The summed E-state index contributed by atoms with van der Waals surface area (Å²) in [6.07, 6.45) is 2.32. The van der Waals surface area contributed by atoms with Crippen LogP contribution in [0.15, 0.2) is 24.3 Å². The maximum atomic E-state index is 11.9. The SMILES string of the molecule is CC(C)c1cccc(NCC(=O)N(C)C2CC2)c1. The van der Waals surface area contributed by atoms with Crippen LogP contribution in [0.25, 0.3) is 0 Å². The highest BCUT2D eigenvalue weighted by Crippen LogP contribution is 2.25. The standard InChI is InChI=1S/C15H22N2O/c1-11(2)12-5-4-6-13(9-12)16-10-15(18)17(3)14-7-8-14/h4-6,9,11,14,16H,7-8,10H2,1-3H3. The van der Waals surface area contributed by atoms with Crippen LogP contribution in [-0.4, -0.2) is 30.4 Å². The summed E-state index contributed by atoms with van der Waals surface area (Å²) in [6, 6.07) is 8.77. The van der Waals surface area contributed by atoms with Gasteiger partial charge in [-0.1, -0.05) is 26.0 Å². The van der Waals surface area contributed by atoms with Crippen molar-refractivity contribution in [1.82, 2.24) is 4.90 Å². The normalized spacial score (nSPS) is 14.7. The number of amides is 1. The molecule has 1 aliphatic carbocycles. The molecular weight excluding hydrogens is 224 g/mol. The number of rotatable bonds is 5. The van der Waals surface area contributed by atoms with E-state index in [1.165, 1.54) is 5.56 Å². The minimum atomic E-state index is 0.174. The van der Waals surface area contributed by atoms with Gasteiger partial charge in [0.2, 0.25) is 5.91 Å². The van der Waals surface area contributed by atoms with Crippen molar-refractivity contribution in [2.45, 2.75) is 38.6 Å². The van der Waals surface area contributed by atoms with Crippen molar-refractivity contribution in [3.8, 4) is 0 Å². The van der Waals surface area contributed by atoms with E-state index in [2.05, 4.69) is 31.3 Å². The molecule has 1 aromatic carbocycles. The molecule has 98 valence electrons. The Kier molecular flexibility index (Phi) is 3.90. The van der Waals surface area contributed by atoms with E-state index in [0.717, 1.165) is 18.5 Å². The number of nitrogens with zero attached hydrogens (tertiary/aromatic N) is 1. The molecule has 1 N–H and O–H groups in total. The Hall–Kier alpha value is -1.51. The summed E-state index contributed by atoms with van der Waals surface area (Å²) in [5.41, 5.74) is 2.32. The Morgan fingerprint density at radius 3 is 2.78 bits per heavy atom. The van der Waals surface area contributed by atoms with E-state index in [9.17, 15) is 4.79 Å². The summed E-state index contributed by atoms with van der Waals surface area (Å²) in [5.74, 6) is 0.684. The summed E-state index contributed by atoms with van der Waals surface area (Å²) in [4.78, 5) is 13.7. The highest BCUT2D eigenvalue weighted by atomic mass is 16.2. The molecule has 1 fully saturated rings. The van der Waals surface area contributed by atoms with E-state index in [4.69, 9.17) is 0 Å². The number of hydrogen-bond acceptors (Lipinski definition) is 2. The molecule has 2 rings (SSSR count). The molecule has 0 unspecified atom stereocenters. The number of hydrogen-bond donors (Lipinski definition) is 1. The minimum Gasteiger partial charge on any atom is -0.376 e. The molecule has 3 nitrogen and oxygen atoms in total. The first kappa shape index (κ1) is 12.9. The number of nitrogens with one attached hydrogen (secondary N) is 1. The van der Waals surface area contributed by atoms with Gasteiger partial charge in [0.15, 0.2) is 0 Å². The molecule has 1 saturated carbocycles. The smallest absolute Gasteiger partial charge is 0.241 e. The van der Waals surface area contributed by atoms with Crippen LogP contribution in [0.3, 0.4) is 0 Å². The van der Waals surface area contributed by atoms with Crippen LogP contribution in [0.5, 0.6) is 0 Å². The van der Waals surface area contributed by atoms with Gasteiger partial charge in [0.25, 0.3) is 0 Å². The molecule has 0 atom stereocenters. The summed E-state index contributed by atoms with van der Waals surface area (Å²) >= 11 is 0. The second kappa shape index (κ2) is 5.42. The topological polar surface area (TPSA) is 32.3 Å². The van der Waals surface area contributed by atoms with E-state index in [-0.39, 0.29) is 5.91 Å². The molecule has 3 heteroatoms. The number of likely N-dealkylation sites (N-methyl/N-ethyl adjacent to an activating group) is 1. The Morgan fingerprint density at radius 1 is 1.44 bits per heavy atom. The highest BCUT2D eigenvalue weighted by Gasteiger charge is 2.29. The highest BCUT2D eigenvalue weighted by molar-refractivity contribution is 5.81. The molecular formula is C15H22N2O. The lowest BCUT2D eigenvalue weighted by molar-refractivity contribution is -0.128. The molecule has 0 aliphatic heterocycles. The van der Waals surface area contributed by atoms with E-state index in [0.29, 0.717) is 18.5 Å². The molecule has 0 radical (unpaired) electrons. The van der Waals surface area contributed by atoms with Gasteiger partial charge in [-0.15, -0.1) is 0 Å². The molecule has 0 spiro atoms. The molecule has 1 aliphatic rings. The fourth-order valence-corrected chi connectivity index (χ4v) is 1.98. The third-order valence-corrected chi connectivity index (χ3v) is 3.49. The van der Waals surface area contributed by atoms with Gasteiger partial charge in [-0.05, 0) is 36.5 Å². The summed E-state index contributed by atoms with van der Waals surface area (Å²) < 4.78 is 0. The molecule has 1 aromatic rings. The zero-order valence-corrected chi connectivity index (χ0v) is 11.4. The lowest BCUT2D eigenvalue weighted by atomic mass is 10.0. The predicted molar refractivity (Wildman–Crippen MR) is 74.8 cm³/mol. The maximum Gasteiger partial charge on any atom is 0.241 e. The van der Waals surface area contributed by atoms with Crippen LogP contribution in [0.4, 0.5) is 5.69 Å². The van der Waals surface area contributed by atoms with Crippen LogP contribution in [0, 0.1) is 0 Å². The van der Waals surface area contributed by atoms with Crippen LogP contribution in [0.1, 0.15) is 38.2 Å². The number of benzene rings is 1. The monoisotopic (exact) mass is 246 g/mol. The van der Waals surface area contributed by atoms with Crippen LogP contribution in [-0.2, 0) is 4.79 Å². The number of carbonyl (C=O) groups is 1. The van der Waals surface area contributed by atoms with Crippen molar-refractivity contribution in [2.75, 3.05) is 18.9 Å². The molecule has 0 heterocycles. The molecule has 0 bridgehead atoms. The van der Waals surface area contributed by atoms with Crippen molar-refractivity contribution < 1.29 is 4.79 Å². The summed E-state index contributed by atoms with van der Waals surface area (Å²) in [5, 5.41) is 3.21. The first-order chi connectivity index (χ1) is 8.58. The Labute approximate surface area is 109 Å². The van der Waals surface area contributed by atoms with Crippen molar-refractivity contribution in [3.63, 3.8) is 0 Å². The second-order valence-electron chi connectivity index (χ2n) is 5.37. The van der Waals surface area contributed by atoms with Crippen LogP contribution < -0.4 is 5.32 Å². The Balaban J connectivity index is 1.89. The quantitative estimate of drug-likeness (QED) is 0.866. The zero-order chi connectivity index (χ0) is 13.1. The summed E-state index contributed by atoms with van der Waals surface area (Å²) in [6.45, 7) is 4.73. The number of anilines is 1. The van der Waals surface area contributed by atoms with Crippen LogP contribution in [0.2, 0.25) is 0 Å². The lowest BCUT2D eigenvalue weighted by Gasteiger charge is -2.17. The van der Waals surface area contributed by atoms with Crippen molar-refractivity contribution in [2.24, 2.45) is 0 Å². The van der Waals surface area contributed by atoms with Crippen molar-refractivity contribution in [1.29, 1.82) is 0 Å². The average Bonchev–Trinajstić information content (AvgIpc) is 3.19. The van der Waals surface area contributed by atoms with Gasteiger partial charge in [0.1, 0.15) is 0 Å². The van der Waals surface area contributed by atoms with E-state index < -0.39 is 0 Å². The van der Waals surface area contributed by atoms with Gasteiger partial charge in [-0.3, -0.25) is 4.79 Å².